The summed E-state index contributed by atoms with van der Waals surface area (Å²) in [5, 5.41) is 3.92. The molecule has 0 spiro atoms. The smallest absolute Gasteiger partial charge is 0.226 e. The summed E-state index contributed by atoms with van der Waals surface area (Å²) in [7, 11) is 0. The zero-order chi connectivity index (χ0) is 19.3. The highest BCUT2D eigenvalue weighted by atomic mass is 19.1. The topological polar surface area (TPSA) is 77.7 Å². The van der Waals surface area contributed by atoms with Crippen molar-refractivity contribution < 1.29 is 23.2 Å². The Morgan fingerprint density at radius 1 is 1.14 bits per heavy atom. The summed E-state index contributed by atoms with van der Waals surface area (Å²) in [6.45, 7) is 2.84. The van der Waals surface area contributed by atoms with Crippen molar-refractivity contribution in [1.29, 1.82) is 0 Å². The first-order chi connectivity index (χ1) is 13.7. The first-order valence-corrected chi connectivity index (χ1v) is 9.78. The van der Waals surface area contributed by atoms with Crippen molar-refractivity contribution in [3.8, 4) is 11.4 Å². The highest BCUT2D eigenvalue weighted by Gasteiger charge is 2.31. The minimum Gasteiger partial charge on any atom is -0.350 e. The van der Waals surface area contributed by atoms with Gasteiger partial charge in [-0.05, 0) is 43.5 Å². The van der Waals surface area contributed by atoms with E-state index in [0.717, 1.165) is 25.9 Å². The Morgan fingerprint density at radius 3 is 2.57 bits per heavy atom. The van der Waals surface area contributed by atoms with Crippen molar-refractivity contribution in [2.24, 2.45) is 5.92 Å². The monoisotopic (exact) mass is 389 g/mol. The summed E-state index contributed by atoms with van der Waals surface area (Å²) in [5.41, 5.74) is 0.700. The number of hydrogen-bond donors (Lipinski definition) is 0. The molecule has 1 aromatic heterocycles. The molecule has 1 aromatic carbocycles. The van der Waals surface area contributed by atoms with E-state index < -0.39 is 0 Å². The highest BCUT2D eigenvalue weighted by molar-refractivity contribution is 5.76. The van der Waals surface area contributed by atoms with Crippen LogP contribution in [0.2, 0.25) is 0 Å². The van der Waals surface area contributed by atoms with Crippen LogP contribution in [0.4, 0.5) is 4.39 Å². The van der Waals surface area contributed by atoms with Crippen molar-refractivity contribution in [2.45, 2.75) is 38.4 Å². The molecule has 7 nitrogen and oxygen atoms in total. The summed E-state index contributed by atoms with van der Waals surface area (Å²) in [6.07, 6.45) is 3.39. The molecule has 2 aliphatic rings. The molecule has 0 unspecified atom stereocenters. The van der Waals surface area contributed by atoms with Crippen molar-refractivity contribution >= 4 is 5.91 Å². The molecule has 2 fully saturated rings. The van der Waals surface area contributed by atoms with Crippen LogP contribution in [-0.2, 0) is 20.7 Å². The van der Waals surface area contributed by atoms with Crippen LogP contribution in [0.25, 0.3) is 11.4 Å². The van der Waals surface area contributed by atoms with Crippen LogP contribution in [0.15, 0.2) is 28.8 Å². The van der Waals surface area contributed by atoms with E-state index in [-0.39, 0.29) is 18.0 Å². The standard InChI is InChI=1S/C20H24FN3O4/c21-16-6-4-14(5-7-16)19-22-17(28-23-19)2-1-3-18(25)24-10-8-15(9-11-24)20-26-12-13-27-20/h4-7,15,20H,1-3,8-13H2. The molecule has 0 N–H and O–H groups in total. The molecule has 150 valence electrons. The largest absolute Gasteiger partial charge is 0.350 e. The molecule has 2 aliphatic heterocycles. The number of likely N-dealkylation sites (tertiary alicyclic amines) is 1. The van der Waals surface area contributed by atoms with Crippen molar-refractivity contribution in [1.82, 2.24) is 15.0 Å². The fourth-order valence-corrected chi connectivity index (χ4v) is 3.69. The lowest BCUT2D eigenvalue weighted by Crippen LogP contribution is -2.41. The Labute approximate surface area is 162 Å². The molecular weight excluding hydrogens is 365 g/mol. The van der Waals surface area contributed by atoms with Crippen LogP contribution < -0.4 is 0 Å². The number of rotatable bonds is 6. The molecule has 3 heterocycles. The number of carbonyl (C=O) groups excluding carboxylic acids is 1. The van der Waals surface area contributed by atoms with Crippen LogP contribution in [0.5, 0.6) is 0 Å². The van der Waals surface area contributed by atoms with Crippen molar-refractivity contribution in [3.05, 3.63) is 36.0 Å². The number of piperidine rings is 1. The average molecular weight is 389 g/mol. The Balaban J connectivity index is 1.20. The van der Waals surface area contributed by atoms with E-state index in [1.54, 1.807) is 12.1 Å². The first kappa shape index (κ1) is 19.0. The van der Waals surface area contributed by atoms with Gasteiger partial charge in [-0.15, -0.1) is 0 Å². The lowest BCUT2D eigenvalue weighted by molar-refractivity contribution is -0.136. The molecule has 8 heteroatoms. The Morgan fingerprint density at radius 2 is 1.86 bits per heavy atom. The molecule has 2 saturated heterocycles. The van der Waals surface area contributed by atoms with Crippen LogP contribution in [0, 0.1) is 11.7 Å². The number of benzene rings is 1. The number of carbonyl (C=O) groups is 1. The molecule has 0 aliphatic carbocycles. The molecule has 28 heavy (non-hydrogen) atoms. The van der Waals surface area contributed by atoms with Gasteiger partial charge in [0.2, 0.25) is 17.6 Å². The second-order valence-corrected chi connectivity index (χ2v) is 7.20. The van der Waals surface area contributed by atoms with Gasteiger partial charge in [-0.2, -0.15) is 4.98 Å². The van der Waals surface area contributed by atoms with Crippen LogP contribution in [-0.4, -0.2) is 53.5 Å². The maximum Gasteiger partial charge on any atom is 0.226 e. The Kier molecular flexibility index (Phi) is 5.97. The molecular formula is C20H24FN3O4. The zero-order valence-corrected chi connectivity index (χ0v) is 15.7. The van der Waals surface area contributed by atoms with Crippen LogP contribution in [0.3, 0.4) is 0 Å². The van der Waals surface area contributed by atoms with Gasteiger partial charge in [0.1, 0.15) is 5.82 Å². The molecule has 0 atom stereocenters. The lowest BCUT2D eigenvalue weighted by Gasteiger charge is -2.33. The van der Waals surface area contributed by atoms with Gasteiger partial charge in [0, 0.05) is 37.4 Å². The van der Waals surface area contributed by atoms with Crippen molar-refractivity contribution in [3.63, 3.8) is 0 Å². The van der Waals surface area contributed by atoms with Gasteiger partial charge >= 0.3 is 0 Å². The van der Waals surface area contributed by atoms with Gasteiger partial charge in [0.05, 0.1) is 13.2 Å². The van der Waals surface area contributed by atoms with E-state index in [4.69, 9.17) is 14.0 Å². The SMILES string of the molecule is O=C(CCCc1nc(-c2ccc(F)cc2)no1)N1CCC(C2OCCO2)CC1. The Hall–Kier alpha value is -2.32. The molecule has 4 rings (SSSR count). The predicted molar refractivity (Wildman–Crippen MR) is 97.6 cm³/mol. The number of ether oxygens (including phenoxy) is 2. The maximum atomic E-state index is 13.0. The van der Waals surface area contributed by atoms with E-state index in [0.29, 0.717) is 55.7 Å². The summed E-state index contributed by atoms with van der Waals surface area (Å²) >= 11 is 0. The number of aromatic nitrogens is 2. The lowest BCUT2D eigenvalue weighted by atomic mass is 9.96. The minimum atomic E-state index is -0.307. The average Bonchev–Trinajstić information content (AvgIpc) is 3.41. The summed E-state index contributed by atoms with van der Waals surface area (Å²) in [4.78, 5) is 18.7. The van der Waals surface area contributed by atoms with Gasteiger partial charge in [-0.1, -0.05) is 5.16 Å². The molecule has 0 saturated carbocycles. The minimum absolute atomic E-state index is 0.0925. The van der Waals surface area contributed by atoms with E-state index in [1.807, 2.05) is 4.90 Å². The third kappa shape index (κ3) is 4.56. The Bertz CT molecular complexity index is 781. The van der Waals surface area contributed by atoms with Gasteiger partial charge in [0.25, 0.3) is 0 Å². The maximum absolute atomic E-state index is 13.0. The second kappa shape index (κ2) is 8.79. The third-order valence-electron chi connectivity index (χ3n) is 5.28. The normalized spacial score (nSPS) is 18.7. The van der Waals surface area contributed by atoms with Crippen LogP contribution in [0.1, 0.15) is 31.6 Å². The quantitative estimate of drug-likeness (QED) is 0.756. The summed E-state index contributed by atoms with van der Waals surface area (Å²) < 4.78 is 29.4. The predicted octanol–water partition coefficient (Wildman–Crippen LogP) is 2.81. The van der Waals surface area contributed by atoms with E-state index in [2.05, 4.69) is 10.1 Å². The van der Waals surface area contributed by atoms with Gasteiger partial charge in [-0.25, -0.2) is 4.39 Å². The molecule has 1 amide bonds. The van der Waals surface area contributed by atoms with E-state index in [9.17, 15) is 9.18 Å². The number of amides is 1. The number of aryl methyl sites for hydroxylation is 1. The van der Waals surface area contributed by atoms with E-state index >= 15 is 0 Å². The zero-order valence-electron chi connectivity index (χ0n) is 15.7. The van der Waals surface area contributed by atoms with Gasteiger partial charge < -0.3 is 18.9 Å². The molecule has 0 bridgehead atoms. The first-order valence-electron chi connectivity index (χ1n) is 9.78. The third-order valence-corrected chi connectivity index (χ3v) is 5.28. The number of halogens is 1. The van der Waals surface area contributed by atoms with Gasteiger partial charge in [-0.3, -0.25) is 4.79 Å². The van der Waals surface area contributed by atoms with Crippen molar-refractivity contribution in [2.75, 3.05) is 26.3 Å². The summed E-state index contributed by atoms with van der Waals surface area (Å²) in [6, 6.07) is 5.94. The highest BCUT2D eigenvalue weighted by Crippen LogP contribution is 2.26. The molecule has 0 radical (unpaired) electrons. The molecule has 2 aromatic rings. The number of nitrogens with zero attached hydrogens (tertiary/aromatic N) is 3. The second-order valence-electron chi connectivity index (χ2n) is 7.20. The number of hydrogen-bond acceptors (Lipinski definition) is 6. The fourth-order valence-electron chi connectivity index (χ4n) is 3.69. The van der Waals surface area contributed by atoms with Crippen LogP contribution >= 0.6 is 0 Å². The summed E-state index contributed by atoms with van der Waals surface area (Å²) in [5.74, 6) is 1.15. The van der Waals surface area contributed by atoms with E-state index in [1.165, 1.54) is 12.1 Å². The fraction of sp³-hybridized carbons (Fsp3) is 0.550. The van der Waals surface area contributed by atoms with Gasteiger partial charge in [0.15, 0.2) is 6.29 Å².